The SMILES string of the molecule is OC(Cc1cccc(C(F)(F)F)c1)c1cccc(Cl)c1F. The second kappa shape index (κ2) is 6.03. The van der Waals surface area contributed by atoms with Crippen LogP contribution in [0.15, 0.2) is 42.5 Å². The molecule has 112 valence electrons. The molecule has 0 aliphatic carbocycles. The minimum absolute atomic E-state index is 0.0417. The van der Waals surface area contributed by atoms with Crippen molar-refractivity contribution in [2.75, 3.05) is 0 Å². The van der Waals surface area contributed by atoms with E-state index < -0.39 is 23.7 Å². The van der Waals surface area contributed by atoms with Crippen molar-refractivity contribution in [3.63, 3.8) is 0 Å². The maximum atomic E-state index is 13.8. The summed E-state index contributed by atoms with van der Waals surface area (Å²) in [7, 11) is 0. The summed E-state index contributed by atoms with van der Waals surface area (Å²) < 4.78 is 51.6. The summed E-state index contributed by atoms with van der Waals surface area (Å²) in [4.78, 5) is 0. The average Bonchev–Trinajstić information content (AvgIpc) is 2.41. The Morgan fingerprint density at radius 1 is 1.10 bits per heavy atom. The average molecular weight is 319 g/mol. The fraction of sp³-hybridized carbons (Fsp3) is 0.200. The maximum absolute atomic E-state index is 13.8. The number of rotatable bonds is 3. The molecule has 0 aliphatic heterocycles. The van der Waals surface area contributed by atoms with E-state index in [2.05, 4.69) is 0 Å². The molecule has 1 nitrogen and oxygen atoms in total. The summed E-state index contributed by atoms with van der Waals surface area (Å²) >= 11 is 5.61. The molecular formula is C15H11ClF4O. The van der Waals surface area contributed by atoms with Gasteiger partial charge >= 0.3 is 6.18 Å². The van der Waals surface area contributed by atoms with Crippen molar-refractivity contribution in [3.8, 4) is 0 Å². The molecule has 6 heteroatoms. The summed E-state index contributed by atoms with van der Waals surface area (Å²) in [5.41, 5.74) is -0.588. The standard InChI is InChI=1S/C15H11ClF4O/c16-12-6-2-5-11(14(12)17)13(21)8-9-3-1-4-10(7-9)15(18,19)20/h1-7,13,21H,8H2. The second-order valence-corrected chi connectivity index (χ2v) is 4.97. The maximum Gasteiger partial charge on any atom is 0.416 e. The van der Waals surface area contributed by atoms with Gasteiger partial charge in [-0.05, 0) is 17.7 Å². The molecular weight excluding hydrogens is 308 g/mol. The highest BCUT2D eigenvalue weighted by Gasteiger charge is 2.30. The molecule has 1 atom stereocenters. The summed E-state index contributed by atoms with van der Waals surface area (Å²) in [5.74, 6) is -0.765. The van der Waals surface area contributed by atoms with Gasteiger partial charge in [0.25, 0.3) is 0 Å². The summed E-state index contributed by atoms with van der Waals surface area (Å²) in [6.45, 7) is 0. The number of halogens is 5. The van der Waals surface area contributed by atoms with Crippen molar-refractivity contribution in [1.29, 1.82) is 0 Å². The Bertz CT molecular complexity index is 640. The van der Waals surface area contributed by atoms with Gasteiger partial charge in [-0.1, -0.05) is 41.9 Å². The van der Waals surface area contributed by atoms with Crippen LogP contribution in [0.3, 0.4) is 0 Å². The minimum Gasteiger partial charge on any atom is -0.388 e. The smallest absolute Gasteiger partial charge is 0.388 e. The van der Waals surface area contributed by atoms with Crippen LogP contribution in [0.4, 0.5) is 17.6 Å². The van der Waals surface area contributed by atoms with Gasteiger partial charge in [0.1, 0.15) is 5.82 Å². The molecule has 0 amide bonds. The molecule has 2 aromatic rings. The van der Waals surface area contributed by atoms with Crippen molar-refractivity contribution in [3.05, 3.63) is 70.0 Å². The lowest BCUT2D eigenvalue weighted by atomic mass is 9.99. The molecule has 0 aliphatic rings. The van der Waals surface area contributed by atoms with Crippen LogP contribution < -0.4 is 0 Å². The van der Waals surface area contributed by atoms with Gasteiger partial charge in [-0.3, -0.25) is 0 Å². The Morgan fingerprint density at radius 2 is 1.76 bits per heavy atom. The first-order valence-electron chi connectivity index (χ1n) is 6.07. The summed E-state index contributed by atoms with van der Waals surface area (Å²) in [6, 6.07) is 8.72. The number of hydrogen-bond acceptors (Lipinski definition) is 1. The third kappa shape index (κ3) is 3.74. The van der Waals surface area contributed by atoms with E-state index in [9.17, 15) is 22.7 Å². The van der Waals surface area contributed by atoms with E-state index in [0.29, 0.717) is 0 Å². The first kappa shape index (κ1) is 15.8. The van der Waals surface area contributed by atoms with Gasteiger partial charge in [-0.15, -0.1) is 0 Å². The van der Waals surface area contributed by atoms with Crippen LogP contribution in [-0.4, -0.2) is 5.11 Å². The number of aliphatic hydroxyl groups is 1. The van der Waals surface area contributed by atoms with Crippen molar-refractivity contribution in [2.24, 2.45) is 0 Å². The fourth-order valence-electron chi connectivity index (χ4n) is 1.99. The van der Waals surface area contributed by atoms with Gasteiger partial charge in [-0.25, -0.2) is 4.39 Å². The number of benzene rings is 2. The van der Waals surface area contributed by atoms with Crippen LogP contribution in [0.1, 0.15) is 22.8 Å². The van der Waals surface area contributed by atoms with Gasteiger partial charge in [0.05, 0.1) is 16.7 Å². The van der Waals surface area contributed by atoms with E-state index in [1.807, 2.05) is 0 Å². The summed E-state index contributed by atoms with van der Waals surface area (Å²) in [5, 5.41) is 9.85. The van der Waals surface area contributed by atoms with Gasteiger partial charge in [-0.2, -0.15) is 13.2 Å². The Hall–Kier alpha value is -1.59. The van der Waals surface area contributed by atoms with Gasteiger partial charge in [0, 0.05) is 12.0 Å². The van der Waals surface area contributed by atoms with Gasteiger partial charge in [0.15, 0.2) is 0 Å². The lowest BCUT2D eigenvalue weighted by Gasteiger charge is -2.14. The Labute approximate surface area is 123 Å². The van der Waals surface area contributed by atoms with Crippen LogP contribution in [-0.2, 0) is 12.6 Å². The Morgan fingerprint density at radius 3 is 2.43 bits per heavy atom. The zero-order chi connectivity index (χ0) is 15.6. The van der Waals surface area contributed by atoms with E-state index >= 15 is 0 Å². The topological polar surface area (TPSA) is 20.2 Å². The summed E-state index contributed by atoms with van der Waals surface area (Å²) in [6.07, 6.45) is -5.86. The third-order valence-electron chi connectivity index (χ3n) is 3.02. The van der Waals surface area contributed by atoms with E-state index in [4.69, 9.17) is 11.6 Å². The van der Waals surface area contributed by atoms with E-state index in [1.165, 1.54) is 30.3 Å². The molecule has 0 spiro atoms. The van der Waals surface area contributed by atoms with Crippen LogP contribution >= 0.6 is 11.6 Å². The normalized spacial score (nSPS) is 13.2. The zero-order valence-corrected chi connectivity index (χ0v) is 11.4. The van der Waals surface area contributed by atoms with Gasteiger partial charge < -0.3 is 5.11 Å². The molecule has 2 aromatic carbocycles. The van der Waals surface area contributed by atoms with Gasteiger partial charge in [0.2, 0.25) is 0 Å². The van der Waals surface area contributed by atoms with Crippen molar-refractivity contribution in [1.82, 2.24) is 0 Å². The zero-order valence-electron chi connectivity index (χ0n) is 10.7. The number of aliphatic hydroxyl groups excluding tert-OH is 1. The van der Waals surface area contributed by atoms with Crippen LogP contribution in [0, 0.1) is 5.82 Å². The molecule has 21 heavy (non-hydrogen) atoms. The quantitative estimate of drug-likeness (QED) is 0.808. The van der Waals surface area contributed by atoms with Crippen molar-refractivity contribution >= 4 is 11.6 Å². The third-order valence-corrected chi connectivity index (χ3v) is 3.32. The predicted octanol–water partition coefficient (Wildman–Crippen LogP) is 4.77. The molecule has 1 N–H and O–H groups in total. The number of hydrogen-bond donors (Lipinski definition) is 1. The highest BCUT2D eigenvalue weighted by atomic mass is 35.5. The fourth-order valence-corrected chi connectivity index (χ4v) is 2.17. The van der Waals surface area contributed by atoms with E-state index in [1.54, 1.807) is 0 Å². The van der Waals surface area contributed by atoms with E-state index in [0.717, 1.165) is 12.1 Å². The molecule has 0 aromatic heterocycles. The molecule has 0 radical (unpaired) electrons. The van der Waals surface area contributed by atoms with E-state index in [-0.39, 0.29) is 22.6 Å². The van der Waals surface area contributed by atoms with Crippen molar-refractivity contribution < 1.29 is 22.7 Å². The molecule has 0 bridgehead atoms. The highest BCUT2D eigenvalue weighted by Crippen LogP contribution is 2.31. The predicted molar refractivity (Wildman–Crippen MR) is 71.5 cm³/mol. The first-order valence-corrected chi connectivity index (χ1v) is 6.45. The number of alkyl halides is 3. The molecule has 1 unspecified atom stereocenters. The largest absolute Gasteiger partial charge is 0.416 e. The van der Waals surface area contributed by atoms with Crippen LogP contribution in [0.25, 0.3) is 0 Å². The molecule has 0 fully saturated rings. The van der Waals surface area contributed by atoms with Crippen molar-refractivity contribution in [2.45, 2.75) is 18.7 Å². The minimum atomic E-state index is -4.46. The Balaban J connectivity index is 2.24. The molecule has 2 rings (SSSR count). The monoisotopic (exact) mass is 318 g/mol. The lowest BCUT2D eigenvalue weighted by molar-refractivity contribution is -0.137. The first-order chi connectivity index (χ1) is 9.79. The molecule has 0 heterocycles. The molecule has 0 saturated heterocycles. The van der Waals surface area contributed by atoms with Crippen LogP contribution in [0.5, 0.6) is 0 Å². The highest BCUT2D eigenvalue weighted by molar-refractivity contribution is 6.30. The lowest BCUT2D eigenvalue weighted by Crippen LogP contribution is -2.08. The Kier molecular flexibility index (Phi) is 4.54. The molecule has 0 saturated carbocycles. The second-order valence-electron chi connectivity index (χ2n) is 4.56. The van der Waals surface area contributed by atoms with Crippen LogP contribution in [0.2, 0.25) is 5.02 Å².